The van der Waals surface area contributed by atoms with E-state index in [9.17, 15) is 21.9 Å². The summed E-state index contributed by atoms with van der Waals surface area (Å²) in [4.78, 5) is 25.5. The number of aryl methyl sites for hydroxylation is 1. The third-order valence-electron chi connectivity index (χ3n) is 4.08. The molecule has 1 aromatic carbocycles. The summed E-state index contributed by atoms with van der Waals surface area (Å²) in [6.07, 6.45) is -0.569. The van der Waals surface area contributed by atoms with Crippen LogP contribution in [0.1, 0.15) is 38.3 Å². The highest BCUT2D eigenvalue weighted by atomic mass is 32.3. The second kappa shape index (κ2) is 7.84. The van der Waals surface area contributed by atoms with E-state index in [1.54, 1.807) is 32.9 Å². The molecule has 1 aromatic rings. The molecule has 27 heavy (non-hydrogen) atoms. The van der Waals surface area contributed by atoms with Gasteiger partial charge in [0.2, 0.25) is 5.91 Å². The molecule has 1 heterocycles. The largest absolute Gasteiger partial charge is 0.444 e. The predicted octanol–water partition coefficient (Wildman–Crippen LogP) is 2.99. The Morgan fingerprint density at radius 2 is 2.04 bits per heavy atom. The van der Waals surface area contributed by atoms with E-state index in [0.29, 0.717) is 5.69 Å². The first-order valence-corrected chi connectivity index (χ1v) is 10.2. The van der Waals surface area contributed by atoms with Gasteiger partial charge in [-0.05, 0) is 51.0 Å². The van der Waals surface area contributed by atoms with Gasteiger partial charge in [0.15, 0.2) is 0 Å². The van der Waals surface area contributed by atoms with Crippen LogP contribution < -0.4 is 5.32 Å². The molecule has 2 amide bonds. The van der Waals surface area contributed by atoms with Gasteiger partial charge >= 0.3 is 16.3 Å². The van der Waals surface area contributed by atoms with E-state index in [1.807, 2.05) is 13.0 Å². The molecule has 1 saturated heterocycles. The zero-order valence-electron chi connectivity index (χ0n) is 15.9. The number of carbonyl (C=O) groups is 2. The minimum Gasteiger partial charge on any atom is -0.444 e. The van der Waals surface area contributed by atoms with Crippen molar-refractivity contribution in [1.29, 1.82) is 0 Å². The van der Waals surface area contributed by atoms with Crippen molar-refractivity contribution in [3.8, 4) is 0 Å². The molecule has 0 spiro atoms. The smallest absolute Gasteiger partial charge is 0.412 e. The van der Waals surface area contributed by atoms with Crippen molar-refractivity contribution in [2.24, 2.45) is 5.92 Å². The minimum atomic E-state index is -4.61. The van der Waals surface area contributed by atoms with Gasteiger partial charge in [0.1, 0.15) is 5.60 Å². The molecule has 2 rings (SSSR count). The van der Waals surface area contributed by atoms with Gasteiger partial charge < -0.3 is 9.64 Å². The Morgan fingerprint density at radius 3 is 2.63 bits per heavy atom. The molecule has 150 valence electrons. The number of rotatable bonds is 5. The van der Waals surface area contributed by atoms with Crippen LogP contribution in [0.4, 0.5) is 14.4 Å². The van der Waals surface area contributed by atoms with Crippen molar-refractivity contribution in [2.75, 3.05) is 17.6 Å². The Balaban J connectivity index is 2.06. The van der Waals surface area contributed by atoms with Gasteiger partial charge in [-0.2, -0.15) is 8.42 Å². The summed E-state index contributed by atoms with van der Waals surface area (Å²) in [6, 6.07) is 5.28. The third-order valence-corrected chi connectivity index (χ3v) is 4.95. The first-order valence-electron chi connectivity index (χ1n) is 8.62. The van der Waals surface area contributed by atoms with Gasteiger partial charge in [0.25, 0.3) is 0 Å². The minimum absolute atomic E-state index is 0.0120. The van der Waals surface area contributed by atoms with Crippen LogP contribution in [0.2, 0.25) is 0 Å². The van der Waals surface area contributed by atoms with E-state index in [2.05, 4.69) is 5.32 Å². The molecule has 7 nitrogen and oxygen atoms in total. The highest BCUT2D eigenvalue weighted by Crippen LogP contribution is 2.24. The number of nitrogens with zero attached hydrogens (tertiary/aromatic N) is 1. The van der Waals surface area contributed by atoms with Crippen LogP contribution in [0.3, 0.4) is 0 Å². The summed E-state index contributed by atoms with van der Waals surface area (Å²) in [6.45, 7) is 7.61. The maximum absolute atomic E-state index is 12.9. The van der Waals surface area contributed by atoms with Crippen LogP contribution in [0.15, 0.2) is 18.2 Å². The van der Waals surface area contributed by atoms with Crippen molar-refractivity contribution in [2.45, 2.75) is 46.3 Å². The van der Waals surface area contributed by atoms with Gasteiger partial charge in [-0.15, -0.1) is 3.89 Å². The van der Waals surface area contributed by atoms with Crippen molar-refractivity contribution in [1.82, 2.24) is 4.90 Å². The average molecular weight is 400 g/mol. The topological polar surface area (TPSA) is 92.8 Å². The van der Waals surface area contributed by atoms with E-state index in [1.165, 1.54) is 4.90 Å². The van der Waals surface area contributed by atoms with Crippen molar-refractivity contribution < 1.29 is 26.6 Å². The number of hydrogen-bond acceptors (Lipinski definition) is 5. The molecule has 0 aromatic heterocycles. The highest BCUT2D eigenvalue weighted by molar-refractivity contribution is 7.86. The molecular formula is C18H25FN2O5S. The molecule has 1 unspecified atom stereocenters. The second-order valence-electron chi connectivity index (χ2n) is 7.82. The van der Waals surface area contributed by atoms with Gasteiger partial charge in [0, 0.05) is 31.1 Å². The zero-order chi connectivity index (χ0) is 20.4. The molecule has 1 aliphatic heterocycles. The Labute approximate surface area is 159 Å². The number of nitrogens with one attached hydrogen (secondary N) is 1. The monoisotopic (exact) mass is 400 g/mol. The van der Waals surface area contributed by atoms with Crippen LogP contribution in [0, 0.1) is 12.8 Å². The number of benzene rings is 1. The SMILES string of the molecule is Cc1ccc(NC(=O)OC(C)(C)C)cc1CN1CC(CS(=O)(=O)F)CC1=O. The Hall–Kier alpha value is -2.16. The summed E-state index contributed by atoms with van der Waals surface area (Å²) >= 11 is 0. The molecule has 1 atom stereocenters. The van der Waals surface area contributed by atoms with Crippen molar-refractivity contribution in [3.05, 3.63) is 29.3 Å². The van der Waals surface area contributed by atoms with E-state index in [-0.39, 0.29) is 25.4 Å². The van der Waals surface area contributed by atoms with Crippen LogP contribution in [-0.4, -0.2) is 43.2 Å². The van der Waals surface area contributed by atoms with Gasteiger partial charge in [-0.3, -0.25) is 10.1 Å². The number of anilines is 1. The first-order chi connectivity index (χ1) is 12.3. The van der Waals surface area contributed by atoms with Crippen molar-refractivity contribution >= 4 is 27.9 Å². The predicted molar refractivity (Wildman–Crippen MR) is 99.5 cm³/mol. The molecule has 9 heteroatoms. The van der Waals surface area contributed by atoms with E-state index in [4.69, 9.17) is 4.74 Å². The number of likely N-dealkylation sites (tertiary alicyclic amines) is 1. The zero-order valence-corrected chi connectivity index (χ0v) is 16.7. The maximum Gasteiger partial charge on any atom is 0.412 e. The lowest BCUT2D eigenvalue weighted by molar-refractivity contribution is -0.128. The van der Waals surface area contributed by atoms with E-state index in [0.717, 1.165) is 11.1 Å². The molecule has 0 bridgehead atoms. The summed E-state index contributed by atoms with van der Waals surface area (Å²) < 4.78 is 39.7. The van der Waals surface area contributed by atoms with E-state index >= 15 is 0 Å². The van der Waals surface area contributed by atoms with Crippen LogP contribution in [0.5, 0.6) is 0 Å². The van der Waals surface area contributed by atoms with Gasteiger partial charge in [-0.25, -0.2) is 4.79 Å². The summed E-state index contributed by atoms with van der Waals surface area (Å²) in [5, 5.41) is 2.65. The van der Waals surface area contributed by atoms with Gasteiger partial charge in [-0.1, -0.05) is 6.07 Å². The Kier molecular flexibility index (Phi) is 6.14. The number of amides is 2. The first kappa shape index (κ1) is 21.1. The van der Waals surface area contributed by atoms with Crippen LogP contribution >= 0.6 is 0 Å². The molecule has 0 saturated carbocycles. The Morgan fingerprint density at radius 1 is 1.37 bits per heavy atom. The lowest BCUT2D eigenvalue weighted by atomic mass is 10.1. The highest BCUT2D eigenvalue weighted by Gasteiger charge is 2.33. The van der Waals surface area contributed by atoms with Crippen LogP contribution in [-0.2, 0) is 26.3 Å². The normalized spacial score (nSPS) is 17.9. The van der Waals surface area contributed by atoms with E-state index < -0.39 is 33.6 Å². The number of halogens is 1. The number of hydrogen-bond donors (Lipinski definition) is 1. The molecule has 1 fully saturated rings. The lowest BCUT2D eigenvalue weighted by Crippen LogP contribution is -2.27. The summed E-state index contributed by atoms with van der Waals surface area (Å²) in [5.74, 6) is -1.40. The fourth-order valence-electron chi connectivity index (χ4n) is 2.95. The molecular weight excluding hydrogens is 375 g/mol. The Bertz CT molecular complexity index is 833. The molecule has 0 aliphatic carbocycles. The second-order valence-corrected chi connectivity index (χ2v) is 9.23. The average Bonchev–Trinajstić information content (AvgIpc) is 2.78. The number of carbonyl (C=O) groups excluding carboxylic acids is 2. The quantitative estimate of drug-likeness (QED) is 0.767. The fraction of sp³-hybridized carbons (Fsp3) is 0.556. The summed E-state index contributed by atoms with van der Waals surface area (Å²) in [7, 11) is -4.61. The standard InChI is InChI=1S/C18H25FN2O5S/c1-12-5-6-15(20-17(23)26-18(2,3)4)8-14(12)10-21-9-13(7-16(21)22)11-27(19,24)25/h5-6,8,13H,7,9-11H2,1-4H3,(H,20,23). The molecule has 1 N–H and O–H groups in total. The maximum atomic E-state index is 12.9. The third kappa shape index (κ3) is 6.82. The molecule has 0 radical (unpaired) electrons. The van der Waals surface area contributed by atoms with Crippen molar-refractivity contribution in [3.63, 3.8) is 0 Å². The fourth-order valence-corrected chi connectivity index (χ4v) is 3.73. The van der Waals surface area contributed by atoms with Gasteiger partial charge in [0.05, 0.1) is 5.75 Å². The molecule has 1 aliphatic rings. The van der Waals surface area contributed by atoms with Crippen LogP contribution in [0.25, 0.3) is 0 Å². The summed E-state index contributed by atoms with van der Waals surface area (Å²) in [5.41, 5.74) is 1.63. The number of ether oxygens (including phenoxy) is 1. The lowest BCUT2D eigenvalue weighted by Gasteiger charge is -2.21.